The van der Waals surface area contributed by atoms with E-state index in [1.807, 2.05) is 19.9 Å². The molecule has 3 rings (SSSR count). The molecule has 2 amide bonds. The smallest absolute Gasteiger partial charge is 0.311 e. The topological polar surface area (TPSA) is 146 Å². The van der Waals surface area contributed by atoms with Crippen LogP contribution in [0.1, 0.15) is 27.6 Å². The molecular weight excluding hydrogens is 378 g/mol. The summed E-state index contributed by atoms with van der Waals surface area (Å²) in [7, 11) is 1.46. The second kappa shape index (κ2) is 8.33. The van der Waals surface area contributed by atoms with Crippen molar-refractivity contribution in [2.75, 3.05) is 13.7 Å². The number of nitrogens with zero attached hydrogens (tertiary/aromatic N) is 5. The van der Waals surface area contributed by atoms with Crippen molar-refractivity contribution >= 4 is 23.8 Å². The van der Waals surface area contributed by atoms with Gasteiger partial charge in [0.05, 0.1) is 13.3 Å². The van der Waals surface area contributed by atoms with E-state index in [1.54, 1.807) is 18.2 Å². The van der Waals surface area contributed by atoms with Crippen LogP contribution in [0.4, 0.5) is 0 Å². The fraction of sp³-hybridized carbons (Fsp3) is 0.222. The lowest BCUT2D eigenvalue weighted by atomic mass is 10.2. The number of nitrogens with two attached hydrogens (primary N) is 1. The fourth-order valence-electron chi connectivity index (χ4n) is 2.51. The summed E-state index contributed by atoms with van der Waals surface area (Å²) in [5.74, 6) is -0.122. The van der Waals surface area contributed by atoms with Crippen molar-refractivity contribution in [2.24, 2.45) is 10.8 Å². The lowest BCUT2D eigenvalue weighted by Crippen LogP contribution is -2.20. The summed E-state index contributed by atoms with van der Waals surface area (Å²) in [5.41, 5.74) is 9.65. The SMILES string of the molecule is COc1cc(/C=N/NC(=O)c2nc3nc(C)cc(C)n3n2)ccc1OCC(N)=O. The van der Waals surface area contributed by atoms with Gasteiger partial charge in [-0.2, -0.15) is 10.1 Å². The molecule has 11 heteroatoms. The molecule has 0 saturated heterocycles. The van der Waals surface area contributed by atoms with Crippen molar-refractivity contribution in [2.45, 2.75) is 13.8 Å². The number of hydrazone groups is 1. The zero-order valence-corrected chi connectivity index (χ0v) is 16.0. The average Bonchev–Trinajstić information content (AvgIpc) is 3.11. The largest absolute Gasteiger partial charge is 0.493 e. The zero-order chi connectivity index (χ0) is 21.0. The molecule has 1 aromatic carbocycles. The van der Waals surface area contributed by atoms with Gasteiger partial charge in [0.1, 0.15) is 0 Å². The molecule has 0 saturated carbocycles. The summed E-state index contributed by atoms with van der Waals surface area (Å²) < 4.78 is 12.0. The van der Waals surface area contributed by atoms with Crippen LogP contribution in [-0.2, 0) is 4.79 Å². The number of fused-ring (bicyclic) bond motifs is 1. The number of ether oxygens (including phenoxy) is 2. The molecule has 0 aliphatic rings. The highest BCUT2D eigenvalue weighted by molar-refractivity contribution is 5.92. The third-order valence-corrected chi connectivity index (χ3v) is 3.76. The lowest BCUT2D eigenvalue weighted by molar-refractivity contribution is -0.119. The van der Waals surface area contributed by atoms with E-state index in [2.05, 4.69) is 25.6 Å². The Bertz CT molecular complexity index is 1110. The molecule has 0 aliphatic carbocycles. The standard InChI is InChI=1S/C18H19N7O4/c1-10-6-11(2)25-18(21-10)22-16(24-25)17(27)23-20-8-12-4-5-13(14(7-12)28-3)29-9-15(19)26/h4-8H,9H2,1-3H3,(H2,19,26)(H,23,27)/b20-8+. The van der Waals surface area contributed by atoms with Crippen LogP contribution in [0.2, 0.25) is 0 Å². The van der Waals surface area contributed by atoms with Crippen LogP contribution in [0.25, 0.3) is 5.78 Å². The second-order valence-electron chi connectivity index (χ2n) is 6.05. The Kier molecular flexibility index (Phi) is 5.67. The predicted octanol–water partition coefficient (Wildman–Crippen LogP) is 0.378. The first-order valence-corrected chi connectivity index (χ1v) is 8.51. The lowest BCUT2D eigenvalue weighted by Gasteiger charge is -2.09. The maximum Gasteiger partial charge on any atom is 0.311 e. The number of rotatable bonds is 7. The van der Waals surface area contributed by atoms with Crippen molar-refractivity contribution in [3.8, 4) is 11.5 Å². The van der Waals surface area contributed by atoms with Gasteiger partial charge >= 0.3 is 5.91 Å². The summed E-state index contributed by atoms with van der Waals surface area (Å²) in [6, 6.07) is 6.75. The fourth-order valence-corrected chi connectivity index (χ4v) is 2.51. The minimum absolute atomic E-state index is 0.0452. The van der Waals surface area contributed by atoms with Crippen molar-refractivity contribution < 1.29 is 19.1 Å². The van der Waals surface area contributed by atoms with Gasteiger partial charge in [0.25, 0.3) is 11.7 Å². The van der Waals surface area contributed by atoms with Crippen LogP contribution in [0.15, 0.2) is 29.4 Å². The number of carbonyl (C=O) groups excluding carboxylic acids is 2. The maximum absolute atomic E-state index is 12.2. The highest BCUT2D eigenvalue weighted by atomic mass is 16.5. The molecule has 0 atom stereocenters. The molecule has 11 nitrogen and oxygen atoms in total. The van der Waals surface area contributed by atoms with Crippen molar-refractivity contribution in [3.63, 3.8) is 0 Å². The summed E-state index contributed by atoms with van der Waals surface area (Å²) in [6.07, 6.45) is 1.42. The average molecular weight is 397 g/mol. The zero-order valence-electron chi connectivity index (χ0n) is 16.0. The minimum atomic E-state index is -0.596. The molecule has 29 heavy (non-hydrogen) atoms. The molecule has 3 aromatic rings. The molecule has 0 unspecified atom stereocenters. The van der Waals surface area contributed by atoms with E-state index < -0.39 is 11.8 Å². The quantitative estimate of drug-likeness (QED) is 0.433. The van der Waals surface area contributed by atoms with Crippen LogP contribution in [0.5, 0.6) is 11.5 Å². The molecule has 2 aromatic heterocycles. The van der Waals surface area contributed by atoms with E-state index in [-0.39, 0.29) is 12.4 Å². The van der Waals surface area contributed by atoms with Crippen molar-refractivity contribution in [3.05, 3.63) is 47.0 Å². The molecule has 0 bridgehead atoms. The Hall–Kier alpha value is -4.02. The van der Waals surface area contributed by atoms with Gasteiger partial charge in [-0.1, -0.05) is 0 Å². The van der Waals surface area contributed by atoms with Crippen molar-refractivity contribution in [1.29, 1.82) is 0 Å². The van der Waals surface area contributed by atoms with Gasteiger partial charge in [0.15, 0.2) is 18.1 Å². The van der Waals surface area contributed by atoms with E-state index in [1.165, 1.54) is 17.8 Å². The molecule has 0 fully saturated rings. The predicted molar refractivity (Wildman–Crippen MR) is 103 cm³/mol. The highest BCUT2D eigenvalue weighted by Crippen LogP contribution is 2.27. The molecular formula is C18H19N7O4. The van der Waals surface area contributed by atoms with Gasteiger partial charge in [-0.25, -0.2) is 14.9 Å². The second-order valence-corrected chi connectivity index (χ2v) is 6.05. The molecule has 150 valence electrons. The number of hydrogen-bond donors (Lipinski definition) is 2. The Balaban J connectivity index is 1.70. The number of benzene rings is 1. The van der Waals surface area contributed by atoms with Gasteiger partial charge in [-0.15, -0.1) is 5.10 Å². The third kappa shape index (κ3) is 4.64. The van der Waals surface area contributed by atoms with Crippen LogP contribution in [-0.4, -0.2) is 51.3 Å². The molecule has 2 heterocycles. The number of aryl methyl sites for hydroxylation is 2. The number of carbonyl (C=O) groups is 2. The van der Waals surface area contributed by atoms with E-state index in [0.717, 1.165) is 11.4 Å². The number of hydrogen-bond acceptors (Lipinski definition) is 8. The van der Waals surface area contributed by atoms with E-state index in [4.69, 9.17) is 15.2 Å². The summed E-state index contributed by atoms with van der Waals surface area (Å²) >= 11 is 0. The molecule has 3 N–H and O–H groups in total. The first-order chi connectivity index (χ1) is 13.9. The number of nitrogens with one attached hydrogen (secondary N) is 1. The van der Waals surface area contributed by atoms with Gasteiger partial charge in [0, 0.05) is 11.4 Å². The van der Waals surface area contributed by atoms with Crippen LogP contribution < -0.4 is 20.6 Å². The van der Waals surface area contributed by atoms with Gasteiger partial charge in [-0.3, -0.25) is 9.59 Å². The van der Waals surface area contributed by atoms with Crippen LogP contribution in [0, 0.1) is 13.8 Å². The van der Waals surface area contributed by atoms with Gasteiger partial charge in [0.2, 0.25) is 5.82 Å². The summed E-state index contributed by atoms with van der Waals surface area (Å²) in [4.78, 5) is 31.4. The van der Waals surface area contributed by atoms with Gasteiger partial charge < -0.3 is 15.2 Å². The van der Waals surface area contributed by atoms with Crippen LogP contribution in [0.3, 0.4) is 0 Å². The monoisotopic (exact) mass is 397 g/mol. The number of primary amides is 1. The summed E-state index contributed by atoms with van der Waals surface area (Å²) in [5, 5.41) is 8.04. The molecule has 0 aliphatic heterocycles. The first-order valence-electron chi connectivity index (χ1n) is 8.51. The van der Waals surface area contributed by atoms with Crippen LogP contribution >= 0.6 is 0 Å². The Morgan fingerprint density at radius 2 is 2.03 bits per heavy atom. The van der Waals surface area contributed by atoms with E-state index >= 15 is 0 Å². The highest BCUT2D eigenvalue weighted by Gasteiger charge is 2.14. The normalized spacial score (nSPS) is 11.0. The Labute approximate surface area is 165 Å². The summed E-state index contributed by atoms with van der Waals surface area (Å²) in [6.45, 7) is 3.42. The Morgan fingerprint density at radius 3 is 2.76 bits per heavy atom. The van der Waals surface area contributed by atoms with E-state index in [9.17, 15) is 9.59 Å². The van der Waals surface area contributed by atoms with Gasteiger partial charge in [-0.05, 0) is 43.7 Å². The number of aromatic nitrogens is 4. The molecule has 0 radical (unpaired) electrons. The maximum atomic E-state index is 12.2. The minimum Gasteiger partial charge on any atom is -0.493 e. The Morgan fingerprint density at radius 1 is 1.24 bits per heavy atom. The first kappa shape index (κ1) is 19.7. The molecule has 0 spiro atoms. The van der Waals surface area contributed by atoms with Crippen molar-refractivity contribution in [1.82, 2.24) is 25.0 Å². The number of methoxy groups -OCH3 is 1. The third-order valence-electron chi connectivity index (χ3n) is 3.76. The number of amides is 2. The van der Waals surface area contributed by atoms with E-state index in [0.29, 0.717) is 22.8 Å².